The molecule has 0 spiro atoms. The zero-order valence-electron chi connectivity index (χ0n) is 9.48. The molecule has 1 amide bonds. The van der Waals surface area contributed by atoms with Crippen molar-refractivity contribution in [3.63, 3.8) is 0 Å². The first-order valence-electron chi connectivity index (χ1n) is 5.70. The molecule has 0 bridgehead atoms. The fraction of sp³-hybridized carbons (Fsp3) is 0.818. The molecule has 1 unspecified atom stereocenters. The van der Waals surface area contributed by atoms with E-state index in [1.807, 2.05) is 0 Å². The van der Waals surface area contributed by atoms with Gasteiger partial charge in [0.05, 0.1) is 20.3 Å². The number of nitrogens with zero attached hydrogens (tertiary/aromatic N) is 1. The maximum Gasteiger partial charge on any atom is 0.336 e. The van der Waals surface area contributed by atoms with E-state index in [1.165, 1.54) is 7.11 Å². The largest absolute Gasteiger partial charge is 0.467 e. The number of ether oxygens (including phenoxy) is 2. The molecule has 1 atom stereocenters. The lowest BCUT2D eigenvalue weighted by molar-refractivity contribution is -0.164. The number of esters is 1. The van der Waals surface area contributed by atoms with Crippen LogP contribution in [0.4, 0.5) is 0 Å². The van der Waals surface area contributed by atoms with Gasteiger partial charge in [-0.25, -0.2) is 4.79 Å². The summed E-state index contributed by atoms with van der Waals surface area (Å²) in [5.74, 6) is -0.0500. The molecule has 1 aliphatic heterocycles. The van der Waals surface area contributed by atoms with Crippen LogP contribution in [0.3, 0.4) is 0 Å². The molecule has 2 aliphatic rings. The van der Waals surface area contributed by atoms with E-state index in [1.54, 1.807) is 4.90 Å². The van der Waals surface area contributed by atoms with Gasteiger partial charge in [0.25, 0.3) is 0 Å². The molecule has 5 heteroatoms. The van der Waals surface area contributed by atoms with Crippen LogP contribution in [0.15, 0.2) is 0 Å². The molecule has 0 aromatic carbocycles. The summed E-state index contributed by atoms with van der Waals surface area (Å²) in [6, 6.07) is 0. The number of hydrogen-bond donors (Lipinski definition) is 0. The van der Waals surface area contributed by atoms with Gasteiger partial charge in [-0.1, -0.05) is 6.42 Å². The minimum Gasteiger partial charge on any atom is -0.467 e. The van der Waals surface area contributed by atoms with Crippen LogP contribution in [0.1, 0.15) is 19.3 Å². The molecular weight excluding hydrogens is 210 g/mol. The van der Waals surface area contributed by atoms with E-state index in [0.29, 0.717) is 19.7 Å². The van der Waals surface area contributed by atoms with E-state index in [4.69, 9.17) is 4.74 Å². The molecule has 2 rings (SSSR count). The highest BCUT2D eigenvalue weighted by molar-refractivity contribution is 5.81. The van der Waals surface area contributed by atoms with Crippen molar-refractivity contribution in [3.8, 4) is 0 Å². The van der Waals surface area contributed by atoms with E-state index in [2.05, 4.69) is 4.74 Å². The second-order valence-electron chi connectivity index (χ2n) is 4.29. The van der Waals surface area contributed by atoms with Gasteiger partial charge in [0.1, 0.15) is 0 Å². The smallest absolute Gasteiger partial charge is 0.336 e. The van der Waals surface area contributed by atoms with E-state index < -0.39 is 12.1 Å². The lowest BCUT2D eigenvalue weighted by atomic mass is 9.84. The molecule has 0 aromatic rings. The lowest BCUT2D eigenvalue weighted by Gasteiger charge is -2.36. The molecule has 0 aromatic heterocycles. The fourth-order valence-corrected chi connectivity index (χ4v) is 2.04. The minimum absolute atomic E-state index is 0.170. The highest BCUT2D eigenvalue weighted by Gasteiger charge is 2.34. The van der Waals surface area contributed by atoms with Gasteiger partial charge in [-0.15, -0.1) is 0 Å². The summed E-state index contributed by atoms with van der Waals surface area (Å²) in [7, 11) is 1.33. The summed E-state index contributed by atoms with van der Waals surface area (Å²) >= 11 is 0. The third-order valence-corrected chi connectivity index (χ3v) is 3.30. The van der Waals surface area contributed by atoms with Gasteiger partial charge in [0, 0.05) is 12.5 Å². The predicted molar refractivity (Wildman–Crippen MR) is 55.7 cm³/mol. The molecule has 0 N–H and O–H groups in total. The zero-order chi connectivity index (χ0) is 11.5. The van der Waals surface area contributed by atoms with Crippen LogP contribution in [-0.2, 0) is 19.1 Å². The van der Waals surface area contributed by atoms with Crippen LogP contribution < -0.4 is 0 Å². The number of amides is 1. The minimum atomic E-state index is -0.609. The Labute approximate surface area is 94.7 Å². The normalized spacial score (nSPS) is 26.1. The van der Waals surface area contributed by atoms with E-state index >= 15 is 0 Å². The van der Waals surface area contributed by atoms with Crippen molar-refractivity contribution in [1.82, 2.24) is 4.90 Å². The lowest BCUT2D eigenvalue weighted by Crippen LogP contribution is -2.51. The van der Waals surface area contributed by atoms with E-state index in [0.717, 1.165) is 19.3 Å². The molecule has 1 aliphatic carbocycles. The molecule has 16 heavy (non-hydrogen) atoms. The average molecular weight is 227 g/mol. The Hall–Kier alpha value is -1.10. The number of hydrogen-bond acceptors (Lipinski definition) is 4. The van der Waals surface area contributed by atoms with Crippen molar-refractivity contribution >= 4 is 11.9 Å². The van der Waals surface area contributed by atoms with Crippen LogP contribution in [0.25, 0.3) is 0 Å². The van der Waals surface area contributed by atoms with Crippen molar-refractivity contribution in [1.29, 1.82) is 0 Å². The van der Waals surface area contributed by atoms with Crippen LogP contribution in [0.5, 0.6) is 0 Å². The Balaban J connectivity index is 1.90. The van der Waals surface area contributed by atoms with E-state index in [9.17, 15) is 9.59 Å². The molecule has 90 valence electrons. The Morgan fingerprint density at radius 3 is 2.69 bits per heavy atom. The van der Waals surface area contributed by atoms with Gasteiger partial charge in [-0.05, 0) is 12.8 Å². The monoisotopic (exact) mass is 227 g/mol. The van der Waals surface area contributed by atoms with Crippen molar-refractivity contribution in [2.75, 3.05) is 26.8 Å². The van der Waals surface area contributed by atoms with Crippen molar-refractivity contribution in [2.24, 2.45) is 5.92 Å². The van der Waals surface area contributed by atoms with E-state index in [-0.39, 0.29) is 11.8 Å². The third kappa shape index (κ3) is 2.19. The number of carbonyl (C=O) groups excluding carboxylic acids is 2. The average Bonchev–Trinajstić information content (AvgIpc) is 2.26. The first-order valence-corrected chi connectivity index (χ1v) is 5.70. The molecule has 1 heterocycles. The highest BCUT2D eigenvalue weighted by Crippen LogP contribution is 2.28. The maximum absolute atomic E-state index is 12.0. The predicted octanol–water partition coefficient (Wildman–Crippen LogP) is 0.187. The molecule has 1 saturated carbocycles. The number of morpholine rings is 1. The second kappa shape index (κ2) is 4.82. The van der Waals surface area contributed by atoms with Crippen LogP contribution in [-0.4, -0.2) is 49.7 Å². The van der Waals surface area contributed by atoms with Gasteiger partial charge in [0.15, 0.2) is 6.10 Å². The number of carbonyl (C=O) groups is 2. The first-order chi connectivity index (χ1) is 7.72. The van der Waals surface area contributed by atoms with Gasteiger partial charge in [-0.2, -0.15) is 0 Å². The third-order valence-electron chi connectivity index (χ3n) is 3.30. The maximum atomic E-state index is 12.0. The Bertz CT molecular complexity index is 288. The molecular formula is C11H17NO4. The Morgan fingerprint density at radius 2 is 2.12 bits per heavy atom. The SMILES string of the molecule is COC(=O)C1CN(C(=O)C2CCC2)CCO1. The summed E-state index contributed by atoms with van der Waals surface area (Å²) in [5.41, 5.74) is 0. The van der Waals surface area contributed by atoms with Gasteiger partial charge in [0.2, 0.25) is 5.91 Å². The van der Waals surface area contributed by atoms with Crippen molar-refractivity contribution in [2.45, 2.75) is 25.4 Å². The molecule has 2 fully saturated rings. The topological polar surface area (TPSA) is 55.8 Å². The first kappa shape index (κ1) is 11.4. The van der Waals surface area contributed by atoms with Gasteiger partial charge >= 0.3 is 5.97 Å². The summed E-state index contributed by atoms with van der Waals surface area (Å²) in [6.07, 6.45) is 2.50. The van der Waals surface area contributed by atoms with Crippen LogP contribution in [0.2, 0.25) is 0 Å². The fourth-order valence-electron chi connectivity index (χ4n) is 2.04. The number of methoxy groups -OCH3 is 1. The van der Waals surface area contributed by atoms with Crippen molar-refractivity contribution < 1.29 is 19.1 Å². The summed E-state index contributed by atoms with van der Waals surface area (Å²) in [5, 5.41) is 0. The standard InChI is InChI=1S/C11H17NO4/c1-15-11(14)9-7-12(5-6-16-9)10(13)8-3-2-4-8/h8-9H,2-7H2,1H3. The van der Waals surface area contributed by atoms with Crippen LogP contribution in [0, 0.1) is 5.92 Å². The van der Waals surface area contributed by atoms with Gasteiger partial charge < -0.3 is 14.4 Å². The Morgan fingerprint density at radius 1 is 1.38 bits per heavy atom. The number of rotatable bonds is 2. The van der Waals surface area contributed by atoms with Crippen molar-refractivity contribution in [3.05, 3.63) is 0 Å². The Kier molecular flexibility index (Phi) is 3.43. The summed E-state index contributed by atoms with van der Waals surface area (Å²) < 4.78 is 9.89. The quantitative estimate of drug-likeness (QED) is 0.632. The second-order valence-corrected chi connectivity index (χ2v) is 4.29. The highest BCUT2D eigenvalue weighted by atomic mass is 16.6. The van der Waals surface area contributed by atoms with Crippen LogP contribution >= 0.6 is 0 Å². The molecule has 5 nitrogen and oxygen atoms in total. The zero-order valence-corrected chi connectivity index (χ0v) is 9.48. The summed E-state index contributed by atoms with van der Waals surface area (Å²) in [4.78, 5) is 25.0. The molecule has 0 radical (unpaired) electrons. The summed E-state index contributed by atoms with van der Waals surface area (Å²) in [6.45, 7) is 1.34. The molecule has 1 saturated heterocycles. The van der Waals surface area contributed by atoms with Gasteiger partial charge in [-0.3, -0.25) is 4.79 Å².